The van der Waals surface area contributed by atoms with E-state index in [-0.39, 0.29) is 19.0 Å². The lowest BCUT2D eigenvalue weighted by atomic mass is 10.3. The van der Waals surface area contributed by atoms with Crippen LogP contribution in [0.5, 0.6) is 5.75 Å². The predicted octanol–water partition coefficient (Wildman–Crippen LogP) is 0.741. The first-order valence-electron chi connectivity index (χ1n) is 6.59. The van der Waals surface area contributed by atoms with Gasteiger partial charge >= 0.3 is 0 Å². The van der Waals surface area contributed by atoms with Gasteiger partial charge in [-0.1, -0.05) is 0 Å². The van der Waals surface area contributed by atoms with Crippen LogP contribution in [-0.2, 0) is 4.79 Å². The van der Waals surface area contributed by atoms with Gasteiger partial charge < -0.3 is 19.8 Å². The van der Waals surface area contributed by atoms with E-state index in [1.807, 2.05) is 31.2 Å². The number of likely N-dealkylation sites (tertiary alicyclic amines) is 1. The first-order chi connectivity index (χ1) is 9.60. The van der Waals surface area contributed by atoms with Gasteiger partial charge in [0.15, 0.2) is 0 Å². The largest absolute Gasteiger partial charge is 0.494 e. The standard InChI is InChI=1S/C14H19NO4S/c1-2-19-10-3-5-11(6-4-10)20-9-14(18)15-7-12(16)13(17)8-15/h3-6,12-13,16-17H,2,7-9H2,1H3/t12-,13+. The van der Waals surface area contributed by atoms with Crippen molar-refractivity contribution < 1.29 is 19.7 Å². The lowest BCUT2D eigenvalue weighted by Gasteiger charge is -2.14. The van der Waals surface area contributed by atoms with Crippen LogP contribution < -0.4 is 4.74 Å². The minimum atomic E-state index is -0.825. The molecule has 6 heteroatoms. The lowest BCUT2D eigenvalue weighted by Crippen LogP contribution is -2.31. The molecule has 0 spiro atoms. The van der Waals surface area contributed by atoms with Gasteiger partial charge in [-0.25, -0.2) is 0 Å². The fourth-order valence-corrected chi connectivity index (χ4v) is 2.81. The number of hydrogen-bond donors (Lipinski definition) is 2. The summed E-state index contributed by atoms with van der Waals surface area (Å²) in [4.78, 5) is 14.4. The molecule has 2 N–H and O–H groups in total. The van der Waals surface area contributed by atoms with Gasteiger partial charge in [0.25, 0.3) is 0 Å². The van der Waals surface area contributed by atoms with E-state index >= 15 is 0 Å². The predicted molar refractivity (Wildman–Crippen MR) is 76.9 cm³/mol. The molecule has 0 saturated carbocycles. The molecule has 1 aliphatic heterocycles. The number of rotatable bonds is 5. The molecular weight excluding hydrogens is 278 g/mol. The number of carbonyl (C=O) groups is 1. The Kier molecular flexibility index (Phi) is 5.28. The molecule has 1 saturated heterocycles. The van der Waals surface area contributed by atoms with Crippen molar-refractivity contribution in [3.05, 3.63) is 24.3 Å². The Morgan fingerprint density at radius 2 is 1.90 bits per heavy atom. The zero-order valence-electron chi connectivity index (χ0n) is 11.4. The van der Waals surface area contributed by atoms with Crippen molar-refractivity contribution in [2.24, 2.45) is 0 Å². The Morgan fingerprint density at radius 3 is 2.45 bits per heavy atom. The third-order valence-electron chi connectivity index (χ3n) is 3.11. The molecule has 0 unspecified atom stereocenters. The zero-order chi connectivity index (χ0) is 14.5. The summed E-state index contributed by atoms with van der Waals surface area (Å²) >= 11 is 1.43. The summed E-state index contributed by atoms with van der Waals surface area (Å²) in [7, 11) is 0. The Morgan fingerprint density at radius 1 is 1.30 bits per heavy atom. The number of aliphatic hydroxyl groups is 2. The maximum Gasteiger partial charge on any atom is 0.233 e. The second-order valence-electron chi connectivity index (χ2n) is 4.63. The van der Waals surface area contributed by atoms with Crippen LogP contribution in [0, 0.1) is 0 Å². The van der Waals surface area contributed by atoms with Crippen LogP contribution in [0.25, 0.3) is 0 Å². The summed E-state index contributed by atoms with van der Waals surface area (Å²) in [5, 5.41) is 18.8. The molecule has 0 aromatic heterocycles. The minimum absolute atomic E-state index is 0.0699. The SMILES string of the molecule is CCOc1ccc(SCC(=O)N2C[C@@H](O)[C@@H](O)C2)cc1. The Labute approximate surface area is 122 Å². The highest BCUT2D eigenvalue weighted by molar-refractivity contribution is 8.00. The molecule has 20 heavy (non-hydrogen) atoms. The number of benzene rings is 1. The number of ether oxygens (including phenoxy) is 1. The summed E-state index contributed by atoms with van der Waals surface area (Å²) in [5.41, 5.74) is 0. The fourth-order valence-electron chi connectivity index (χ4n) is 2.01. The van der Waals surface area contributed by atoms with Gasteiger partial charge in [0, 0.05) is 18.0 Å². The molecule has 110 valence electrons. The normalized spacial score (nSPS) is 22.1. The van der Waals surface area contributed by atoms with E-state index in [1.165, 1.54) is 16.7 Å². The van der Waals surface area contributed by atoms with Crippen molar-refractivity contribution in [1.82, 2.24) is 4.90 Å². The molecule has 1 aliphatic rings. The first-order valence-corrected chi connectivity index (χ1v) is 7.58. The Bertz CT molecular complexity index is 441. The van der Waals surface area contributed by atoms with Crippen LogP contribution in [0.4, 0.5) is 0 Å². The smallest absolute Gasteiger partial charge is 0.233 e. The topological polar surface area (TPSA) is 70.0 Å². The number of nitrogens with zero attached hydrogens (tertiary/aromatic N) is 1. The molecular formula is C14H19NO4S. The van der Waals surface area contributed by atoms with Crippen molar-refractivity contribution in [3.8, 4) is 5.75 Å². The van der Waals surface area contributed by atoms with Gasteiger partial charge in [-0.05, 0) is 31.2 Å². The monoisotopic (exact) mass is 297 g/mol. The number of amides is 1. The molecule has 1 aromatic rings. The summed E-state index contributed by atoms with van der Waals surface area (Å²) in [6.07, 6.45) is -1.65. The highest BCUT2D eigenvalue weighted by Gasteiger charge is 2.32. The molecule has 0 aliphatic carbocycles. The van der Waals surface area contributed by atoms with Crippen molar-refractivity contribution in [1.29, 1.82) is 0 Å². The van der Waals surface area contributed by atoms with Crippen LogP contribution in [0.3, 0.4) is 0 Å². The first kappa shape index (κ1) is 15.2. The molecule has 0 radical (unpaired) electrons. The van der Waals surface area contributed by atoms with E-state index < -0.39 is 12.2 Å². The van der Waals surface area contributed by atoms with E-state index in [4.69, 9.17) is 4.74 Å². The van der Waals surface area contributed by atoms with Gasteiger partial charge in [-0.15, -0.1) is 11.8 Å². The molecule has 1 aromatic carbocycles. The van der Waals surface area contributed by atoms with E-state index in [1.54, 1.807) is 0 Å². The number of aliphatic hydroxyl groups excluding tert-OH is 2. The lowest BCUT2D eigenvalue weighted by molar-refractivity contribution is -0.127. The Balaban J connectivity index is 1.81. The second kappa shape index (κ2) is 6.97. The fraction of sp³-hybridized carbons (Fsp3) is 0.500. The van der Waals surface area contributed by atoms with Crippen LogP contribution in [0.1, 0.15) is 6.92 Å². The molecule has 5 nitrogen and oxygen atoms in total. The number of hydrogen-bond acceptors (Lipinski definition) is 5. The van der Waals surface area contributed by atoms with Crippen molar-refractivity contribution in [2.45, 2.75) is 24.0 Å². The summed E-state index contributed by atoms with van der Waals surface area (Å²) in [6.45, 7) is 2.98. The number of β-amino-alcohol motifs (C(OH)–C–C–N with tert-alkyl or cyclic N) is 2. The van der Waals surface area contributed by atoms with Crippen LogP contribution >= 0.6 is 11.8 Å². The summed E-state index contributed by atoms with van der Waals surface area (Å²) in [5.74, 6) is 1.04. The van der Waals surface area contributed by atoms with Crippen LogP contribution in [0.2, 0.25) is 0 Å². The van der Waals surface area contributed by atoms with Crippen LogP contribution in [0.15, 0.2) is 29.2 Å². The average Bonchev–Trinajstić information content (AvgIpc) is 2.78. The van der Waals surface area contributed by atoms with Gasteiger partial charge in [0.2, 0.25) is 5.91 Å². The highest BCUT2D eigenvalue weighted by Crippen LogP contribution is 2.22. The van der Waals surface area contributed by atoms with E-state index in [9.17, 15) is 15.0 Å². The van der Waals surface area contributed by atoms with Gasteiger partial charge in [-0.2, -0.15) is 0 Å². The highest BCUT2D eigenvalue weighted by atomic mass is 32.2. The molecule has 1 fully saturated rings. The van der Waals surface area contributed by atoms with Gasteiger partial charge in [0.05, 0.1) is 24.6 Å². The molecule has 2 rings (SSSR count). The maximum absolute atomic E-state index is 11.9. The third-order valence-corrected chi connectivity index (χ3v) is 4.11. The quantitative estimate of drug-likeness (QED) is 0.785. The van der Waals surface area contributed by atoms with Gasteiger partial charge in [-0.3, -0.25) is 4.79 Å². The number of thioether (sulfide) groups is 1. The Hall–Kier alpha value is -1.24. The number of carbonyl (C=O) groups excluding carboxylic acids is 1. The second-order valence-corrected chi connectivity index (χ2v) is 5.68. The van der Waals surface area contributed by atoms with Gasteiger partial charge in [0.1, 0.15) is 5.75 Å². The summed E-state index contributed by atoms with van der Waals surface area (Å²) < 4.78 is 5.35. The molecule has 1 heterocycles. The van der Waals surface area contributed by atoms with E-state index in [0.717, 1.165) is 10.6 Å². The molecule has 0 bridgehead atoms. The molecule has 2 atom stereocenters. The van der Waals surface area contributed by atoms with Crippen molar-refractivity contribution >= 4 is 17.7 Å². The summed E-state index contributed by atoms with van der Waals surface area (Å²) in [6, 6.07) is 7.58. The van der Waals surface area contributed by atoms with Crippen LogP contribution in [-0.4, -0.2) is 58.7 Å². The van der Waals surface area contributed by atoms with Crippen molar-refractivity contribution in [3.63, 3.8) is 0 Å². The van der Waals surface area contributed by atoms with E-state index in [2.05, 4.69) is 0 Å². The average molecular weight is 297 g/mol. The minimum Gasteiger partial charge on any atom is -0.494 e. The molecule has 1 amide bonds. The van der Waals surface area contributed by atoms with Crippen molar-refractivity contribution in [2.75, 3.05) is 25.4 Å². The maximum atomic E-state index is 11.9. The zero-order valence-corrected chi connectivity index (χ0v) is 12.2. The van der Waals surface area contributed by atoms with E-state index in [0.29, 0.717) is 12.4 Å². The third kappa shape index (κ3) is 3.88.